The number of ether oxygens (including phenoxy) is 1. The van der Waals surface area contributed by atoms with E-state index in [0.717, 1.165) is 37.6 Å². The first-order valence-corrected chi connectivity index (χ1v) is 4.97. The summed E-state index contributed by atoms with van der Waals surface area (Å²) >= 11 is 0. The van der Waals surface area contributed by atoms with Crippen molar-refractivity contribution in [3.8, 4) is 0 Å². The van der Waals surface area contributed by atoms with Crippen LogP contribution in [0.2, 0.25) is 0 Å². The van der Waals surface area contributed by atoms with Gasteiger partial charge >= 0.3 is 0 Å². The zero-order valence-corrected chi connectivity index (χ0v) is 8.36. The Kier molecular flexibility index (Phi) is 2.93. The average molecular weight is 193 g/mol. The first-order valence-electron chi connectivity index (χ1n) is 4.97. The standard InChI is InChI=1S/C10H15N3O/c1-8-5-11-6-10(12-8)13-9-3-2-4-14-7-9/h5-6,9H,2-4,7H2,1H3,(H,12,13)/t9-/m1/s1. The van der Waals surface area contributed by atoms with Crippen molar-refractivity contribution < 1.29 is 4.74 Å². The second kappa shape index (κ2) is 4.37. The van der Waals surface area contributed by atoms with E-state index in [9.17, 15) is 0 Å². The van der Waals surface area contributed by atoms with Gasteiger partial charge in [-0.15, -0.1) is 0 Å². The molecule has 76 valence electrons. The van der Waals surface area contributed by atoms with Crippen LogP contribution in [-0.2, 0) is 4.74 Å². The van der Waals surface area contributed by atoms with Crippen molar-refractivity contribution in [3.63, 3.8) is 0 Å². The molecule has 1 aromatic rings. The van der Waals surface area contributed by atoms with E-state index in [1.807, 2.05) is 6.92 Å². The summed E-state index contributed by atoms with van der Waals surface area (Å²) in [6.07, 6.45) is 5.77. The Hall–Kier alpha value is -1.16. The molecule has 0 spiro atoms. The molecule has 1 aliphatic heterocycles. The molecule has 1 fully saturated rings. The first-order chi connectivity index (χ1) is 6.84. The van der Waals surface area contributed by atoms with Crippen molar-refractivity contribution in [1.29, 1.82) is 0 Å². The SMILES string of the molecule is Cc1cncc(N[C@@H]2CCCOC2)n1. The molecule has 0 aliphatic carbocycles. The second-order valence-corrected chi connectivity index (χ2v) is 3.60. The fourth-order valence-corrected chi connectivity index (χ4v) is 1.60. The highest BCUT2D eigenvalue weighted by Gasteiger charge is 2.13. The lowest BCUT2D eigenvalue weighted by Gasteiger charge is -2.23. The molecule has 0 aromatic carbocycles. The lowest BCUT2D eigenvalue weighted by molar-refractivity contribution is 0.0875. The molecule has 2 heterocycles. The maximum Gasteiger partial charge on any atom is 0.145 e. The molecule has 0 unspecified atom stereocenters. The Morgan fingerprint density at radius 1 is 1.50 bits per heavy atom. The van der Waals surface area contributed by atoms with Crippen LogP contribution >= 0.6 is 0 Å². The highest BCUT2D eigenvalue weighted by molar-refractivity contribution is 5.32. The van der Waals surface area contributed by atoms with Crippen LogP contribution in [0.15, 0.2) is 12.4 Å². The van der Waals surface area contributed by atoms with E-state index in [0.29, 0.717) is 6.04 Å². The van der Waals surface area contributed by atoms with E-state index < -0.39 is 0 Å². The summed E-state index contributed by atoms with van der Waals surface area (Å²) < 4.78 is 5.37. The summed E-state index contributed by atoms with van der Waals surface area (Å²) in [5.41, 5.74) is 0.937. The molecule has 0 saturated carbocycles. The quantitative estimate of drug-likeness (QED) is 0.770. The largest absolute Gasteiger partial charge is 0.379 e. The topological polar surface area (TPSA) is 47.0 Å². The monoisotopic (exact) mass is 193 g/mol. The summed E-state index contributed by atoms with van der Waals surface area (Å²) in [6, 6.07) is 0.389. The van der Waals surface area contributed by atoms with E-state index >= 15 is 0 Å². The number of rotatable bonds is 2. The third-order valence-corrected chi connectivity index (χ3v) is 2.27. The van der Waals surface area contributed by atoms with Crippen LogP contribution < -0.4 is 5.32 Å². The number of hydrogen-bond donors (Lipinski definition) is 1. The number of nitrogens with zero attached hydrogens (tertiary/aromatic N) is 2. The number of anilines is 1. The van der Waals surface area contributed by atoms with E-state index in [1.165, 1.54) is 0 Å². The molecule has 1 atom stereocenters. The lowest BCUT2D eigenvalue weighted by Crippen LogP contribution is -2.30. The van der Waals surface area contributed by atoms with Gasteiger partial charge in [0.1, 0.15) is 5.82 Å². The Labute approximate surface area is 83.7 Å². The molecule has 4 nitrogen and oxygen atoms in total. The Bertz CT molecular complexity index is 297. The molecular weight excluding hydrogens is 178 g/mol. The van der Waals surface area contributed by atoms with Gasteiger partial charge in [0, 0.05) is 12.8 Å². The van der Waals surface area contributed by atoms with Crippen LogP contribution in [0.4, 0.5) is 5.82 Å². The molecule has 1 aliphatic rings. The average Bonchev–Trinajstić information content (AvgIpc) is 2.19. The highest BCUT2D eigenvalue weighted by atomic mass is 16.5. The summed E-state index contributed by atoms with van der Waals surface area (Å²) in [5.74, 6) is 0.848. The molecule has 0 bridgehead atoms. The Morgan fingerprint density at radius 3 is 3.14 bits per heavy atom. The van der Waals surface area contributed by atoms with Crippen LogP contribution in [0.3, 0.4) is 0 Å². The van der Waals surface area contributed by atoms with Gasteiger partial charge in [-0.05, 0) is 19.8 Å². The fraction of sp³-hybridized carbons (Fsp3) is 0.600. The van der Waals surface area contributed by atoms with Crippen molar-refractivity contribution in [3.05, 3.63) is 18.1 Å². The van der Waals surface area contributed by atoms with Crippen molar-refractivity contribution >= 4 is 5.82 Å². The predicted octanol–water partition coefficient (Wildman–Crippen LogP) is 1.38. The molecular formula is C10H15N3O. The van der Waals surface area contributed by atoms with E-state index in [1.54, 1.807) is 12.4 Å². The van der Waals surface area contributed by atoms with Gasteiger partial charge in [-0.25, -0.2) is 4.98 Å². The summed E-state index contributed by atoms with van der Waals surface area (Å²) in [7, 11) is 0. The van der Waals surface area contributed by atoms with Crippen molar-refractivity contribution in [2.24, 2.45) is 0 Å². The van der Waals surface area contributed by atoms with Gasteiger partial charge < -0.3 is 10.1 Å². The summed E-state index contributed by atoms with van der Waals surface area (Å²) in [5, 5.41) is 3.32. The summed E-state index contributed by atoms with van der Waals surface area (Å²) in [4.78, 5) is 8.42. The fourth-order valence-electron chi connectivity index (χ4n) is 1.60. The van der Waals surface area contributed by atoms with Crippen molar-refractivity contribution in [1.82, 2.24) is 9.97 Å². The van der Waals surface area contributed by atoms with E-state index in [-0.39, 0.29) is 0 Å². The minimum atomic E-state index is 0.389. The van der Waals surface area contributed by atoms with Crippen LogP contribution in [-0.4, -0.2) is 29.2 Å². The van der Waals surface area contributed by atoms with Crippen LogP contribution in [0.25, 0.3) is 0 Å². The maximum atomic E-state index is 5.37. The number of aromatic nitrogens is 2. The van der Waals surface area contributed by atoms with Crippen LogP contribution in [0.1, 0.15) is 18.5 Å². The molecule has 14 heavy (non-hydrogen) atoms. The van der Waals surface area contributed by atoms with Gasteiger partial charge in [-0.3, -0.25) is 4.98 Å². The smallest absolute Gasteiger partial charge is 0.145 e. The molecule has 1 aromatic heterocycles. The first kappa shape index (κ1) is 9.40. The predicted molar refractivity (Wildman–Crippen MR) is 54.2 cm³/mol. The van der Waals surface area contributed by atoms with Gasteiger partial charge in [-0.2, -0.15) is 0 Å². The van der Waals surface area contributed by atoms with Crippen LogP contribution in [0.5, 0.6) is 0 Å². The second-order valence-electron chi connectivity index (χ2n) is 3.60. The summed E-state index contributed by atoms with van der Waals surface area (Å²) in [6.45, 7) is 3.60. The third-order valence-electron chi connectivity index (χ3n) is 2.27. The van der Waals surface area contributed by atoms with Gasteiger partial charge in [0.2, 0.25) is 0 Å². The molecule has 1 saturated heterocycles. The van der Waals surface area contributed by atoms with Crippen molar-refractivity contribution in [2.75, 3.05) is 18.5 Å². The normalized spacial score (nSPS) is 21.9. The zero-order chi connectivity index (χ0) is 9.80. The van der Waals surface area contributed by atoms with Crippen LogP contribution in [0, 0.1) is 6.92 Å². The molecule has 0 amide bonds. The number of aryl methyl sites for hydroxylation is 1. The Balaban J connectivity index is 1.95. The highest BCUT2D eigenvalue weighted by Crippen LogP contribution is 2.11. The molecule has 2 rings (SSSR count). The zero-order valence-electron chi connectivity index (χ0n) is 8.36. The molecule has 1 N–H and O–H groups in total. The molecule has 0 radical (unpaired) electrons. The van der Waals surface area contributed by atoms with Gasteiger partial charge in [-0.1, -0.05) is 0 Å². The number of hydrogen-bond acceptors (Lipinski definition) is 4. The maximum absolute atomic E-state index is 5.37. The minimum Gasteiger partial charge on any atom is -0.379 e. The molecule has 4 heteroatoms. The van der Waals surface area contributed by atoms with E-state index in [4.69, 9.17) is 4.74 Å². The van der Waals surface area contributed by atoms with Crippen molar-refractivity contribution in [2.45, 2.75) is 25.8 Å². The van der Waals surface area contributed by atoms with Gasteiger partial charge in [0.05, 0.1) is 24.5 Å². The third kappa shape index (κ3) is 2.42. The van der Waals surface area contributed by atoms with Gasteiger partial charge in [0.15, 0.2) is 0 Å². The Morgan fingerprint density at radius 2 is 2.43 bits per heavy atom. The van der Waals surface area contributed by atoms with Gasteiger partial charge in [0.25, 0.3) is 0 Å². The minimum absolute atomic E-state index is 0.389. The van der Waals surface area contributed by atoms with E-state index in [2.05, 4.69) is 15.3 Å². The lowest BCUT2D eigenvalue weighted by atomic mass is 10.1. The number of nitrogens with one attached hydrogen (secondary N) is 1.